The Kier molecular flexibility index (Phi) is 4.56. The van der Waals surface area contributed by atoms with E-state index in [1.165, 1.54) is 26.6 Å². The third-order valence-corrected chi connectivity index (χ3v) is 3.66. The molecule has 1 aliphatic heterocycles. The first-order chi connectivity index (χ1) is 12.2. The van der Waals surface area contributed by atoms with Crippen LogP contribution < -0.4 is 4.90 Å². The van der Waals surface area contributed by atoms with Crippen molar-refractivity contribution in [2.75, 3.05) is 19.1 Å². The summed E-state index contributed by atoms with van der Waals surface area (Å²) in [7, 11) is 2.52. The number of fused-ring (bicyclic) bond motifs is 1. The molecule has 1 aliphatic rings. The number of benzene rings is 1. The van der Waals surface area contributed by atoms with Crippen LogP contribution in [-0.4, -0.2) is 36.1 Å². The summed E-state index contributed by atoms with van der Waals surface area (Å²) < 4.78 is 9.66. The zero-order valence-corrected chi connectivity index (χ0v) is 13.7. The van der Waals surface area contributed by atoms with Crippen LogP contribution in [-0.2, 0) is 19.1 Å². The van der Waals surface area contributed by atoms with E-state index in [0.29, 0.717) is 5.69 Å². The van der Waals surface area contributed by atoms with Crippen molar-refractivity contribution in [1.82, 2.24) is 9.97 Å². The second kappa shape index (κ2) is 6.96. The normalized spacial score (nSPS) is 13.8. The lowest BCUT2D eigenvalue weighted by atomic mass is 10.1. The number of carbonyl (C=O) groups is 2. The number of carbonyl (C=O) groups excluding carboxylic acids is 2. The molecule has 0 aliphatic carbocycles. The fourth-order valence-corrected chi connectivity index (χ4v) is 2.49. The number of allylic oxidation sites excluding steroid dienone is 2. The van der Waals surface area contributed by atoms with Crippen LogP contribution in [0.25, 0.3) is 10.9 Å². The van der Waals surface area contributed by atoms with E-state index in [1.807, 2.05) is 12.1 Å². The van der Waals surface area contributed by atoms with Crippen molar-refractivity contribution in [1.29, 1.82) is 0 Å². The van der Waals surface area contributed by atoms with Gasteiger partial charge in [0.05, 0.1) is 25.3 Å². The van der Waals surface area contributed by atoms with Crippen LogP contribution in [0.5, 0.6) is 0 Å². The maximum Gasteiger partial charge on any atom is 0.355 e. The predicted molar refractivity (Wildman–Crippen MR) is 91.4 cm³/mol. The summed E-state index contributed by atoms with van der Waals surface area (Å²) in [4.78, 5) is 34.3. The van der Waals surface area contributed by atoms with Gasteiger partial charge in [-0.25, -0.2) is 19.6 Å². The molecule has 0 fully saturated rings. The van der Waals surface area contributed by atoms with Gasteiger partial charge in [-0.05, 0) is 30.4 Å². The fraction of sp³-hybridized carbons (Fsp3) is 0.111. The molecule has 25 heavy (non-hydrogen) atoms. The van der Waals surface area contributed by atoms with Gasteiger partial charge in [0.15, 0.2) is 0 Å². The molecule has 0 spiro atoms. The first kappa shape index (κ1) is 16.4. The molecule has 0 saturated heterocycles. The maximum absolute atomic E-state index is 12.4. The highest BCUT2D eigenvalue weighted by Crippen LogP contribution is 2.28. The molecular formula is C18H15N3O4. The Labute approximate surface area is 143 Å². The third-order valence-electron chi connectivity index (χ3n) is 3.66. The molecule has 2 aromatic rings. The van der Waals surface area contributed by atoms with Gasteiger partial charge in [0, 0.05) is 23.5 Å². The second-order valence-corrected chi connectivity index (χ2v) is 5.08. The van der Waals surface area contributed by atoms with Gasteiger partial charge in [-0.15, -0.1) is 0 Å². The summed E-state index contributed by atoms with van der Waals surface area (Å²) in [5.41, 5.74) is 1.59. The number of hydrogen-bond donors (Lipinski definition) is 0. The first-order valence-corrected chi connectivity index (χ1v) is 7.40. The van der Waals surface area contributed by atoms with E-state index in [2.05, 4.69) is 9.97 Å². The van der Waals surface area contributed by atoms with E-state index in [-0.39, 0.29) is 11.3 Å². The van der Waals surface area contributed by atoms with Crippen LogP contribution in [0.1, 0.15) is 0 Å². The molecule has 2 heterocycles. The lowest BCUT2D eigenvalue weighted by Gasteiger charge is -2.23. The van der Waals surface area contributed by atoms with Gasteiger partial charge in [-0.1, -0.05) is 6.08 Å². The molecule has 0 N–H and O–H groups in total. The van der Waals surface area contributed by atoms with E-state index < -0.39 is 11.9 Å². The minimum Gasteiger partial charge on any atom is -0.465 e. The lowest BCUT2D eigenvalue weighted by Crippen LogP contribution is -2.26. The third kappa shape index (κ3) is 3.12. The molecule has 3 rings (SSSR count). The number of methoxy groups -OCH3 is 2. The summed E-state index contributed by atoms with van der Waals surface area (Å²) in [6.45, 7) is 0. The predicted octanol–water partition coefficient (Wildman–Crippen LogP) is 2.12. The van der Waals surface area contributed by atoms with Crippen LogP contribution in [0, 0.1) is 0 Å². The van der Waals surface area contributed by atoms with E-state index in [1.54, 1.807) is 35.5 Å². The van der Waals surface area contributed by atoms with Gasteiger partial charge in [0.1, 0.15) is 12.0 Å². The quantitative estimate of drug-likeness (QED) is 0.793. The Bertz CT molecular complexity index is 931. The highest BCUT2D eigenvalue weighted by atomic mass is 16.5. The molecular weight excluding hydrogens is 322 g/mol. The minimum absolute atomic E-state index is 0.0653. The summed E-state index contributed by atoms with van der Waals surface area (Å²) in [6, 6.07) is 5.43. The van der Waals surface area contributed by atoms with Crippen molar-refractivity contribution in [3.05, 3.63) is 66.4 Å². The topological polar surface area (TPSA) is 81.6 Å². The minimum atomic E-state index is -0.652. The van der Waals surface area contributed by atoms with Gasteiger partial charge in [-0.2, -0.15) is 0 Å². The average Bonchev–Trinajstić information content (AvgIpc) is 2.89. The molecule has 1 aromatic carbocycles. The standard InChI is InChI=1S/C18H15N3O4/c1-24-17(22)14-5-3-4-8-21(16(14)18(23)25-2)13-6-7-15-12(9-13)10-19-11-20-15/h3-11H,1-2H3. The Morgan fingerprint density at radius 3 is 2.64 bits per heavy atom. The second-order valence-electron chi connectivity index (χ2n) is 5.08. The zero-order chi connectivity index (χ0) is 17.8. The molecule has 0 saturated carbocycles. The Morgan fingerprint density at radius 2 is 1.88 bits per heavy atom. The zero-order valence-electron chi connectivity index (χ0n) is 13.7. The molecule has 126 valence electrons. The summed E-state index contributed by atoms with van der Waals surface area (Å²) in [6.07, 6.45) is 9.69. The molecule has 7 heteroatoms. The van der Waals surface area contributed by atoms with Gasteiger partial charge in [-0.3, -0.25) is 0 Å². The van der Waals surface area contributed by atoms with Crippen LogP contribution in [0.4, 0.5) is 5.69 Å². The van der Waals surface area contributed by atoms with Crippen molar-refractivity contribution < 1.29 is 19.1 Å². The SMILES string of the molecule is COC(=O)C1=C(C(=O)OC)N(c2ccc3ncncc3c2)C=CC=C1. The fourth-order valence-electron chi connectivity index (χ4n) is 2.49. The van der Waals surface area contributed by atoms with E-state index >= 15 is 0 Å². The molecule has 0 amide bonds. The summed E-state index contributed by atoms with van der Waals surface area (Å²) in [5, 5.41) is 0.800. The monoisotopic (exact) mass is 337 g/mol. The lowest BCUT2D eigenvalue weighted by molar-refractivity contribution is -0.139. The van der Waals surface area contributed by atoms with Crippen molar-refractivity contribution >= 4 is 28.5 Å². The number of aromatic nitrogens is 2. The van der Waals surface area contributed by atoms with E-state index in [9.17, 15) is 9.59 Å². The number of anilines is 1. The van der Waals surface area contributed by atoms with Crippen molar-refractivity contribution in [2.45, 2.75) is 0 Å². The van der Waals surface area contributed by atoms with Gasteiger partial charge < -0.3 is 14.4 Å². The molecule has 0 bridgehead atoms. The Morgan fingerprint density at radius 1 is 1.08 bits per heavy atom. The number of ether oxygens (including phenoxy) is 2. The summed E-state index contributed by atoms with van der Waals surface area (Å²) in [5.74, 6) is -1.28. The number of nitrogens with zero attached hydrogens (tertiary/aromatic N) is 3. The highest BCUT2D eigenvalue weighted by molar-refractivity contribution is 6.05. The van der Waals surface area contributed by atoms with Crippen LogP contribution in [0.2, 0.25) is 0 Å². The highest BCUT2D eigenvalue weighted by Gasteiger charge is 2.27. The van der Waals surface area contributed by atoms with Crippen molar-refractivity contribution in [3.63, 3.8) is 0 Å². The Balaban J connectivity index is 2.19. The molecule has 7 nitrogen and oxygen atoms in total. The molecule has 0 atom stereocenters. The van der Waals surface area contributed by atoms with Crippen LogP contribution in [0.3, 0.4) is 0 Å². The van der Waals surface area contributed by atoms with Gasteiger partial charge in [0.2, 0.25) is 0 Å². The van der Waals surface area contributed by atoms with Crippen molar-refractivity contribution in [2.24, 2.45) is 0 Å². The van der Waals surface area contributed by atoms with E-state index in [0.717, 1.165) is 10.9 Å². The maximum atomic E-state index is 12.4. The smallest absolute Gasteiger partial charge is 0.355 e. The number of rotatable bonds is 3. The number of esters is 2. The van der Waals surface area contributed by atoms with Crippen LogP contribution >= 0.6 is 0 Å². The average molecular weight is 337 g/mol. The molecule has 1 aromatic heterocycles. The largest absolute Gasteiger partial charge is 0.465 e. The molecule has 0 unspecified atom stereocenters. The Hall–Kier alpha value is -3.48. The van der Waals surface area contributed by atoms with Crippen LogP contribution in [0.15, 0.2) is 66.4 Å². The summed E-state index contributed by atoms with van der Waals surface area (Å²) >= 11 is 0. The number of hydrogen-bond acceptors (Lipinski definition) is 7. The first-order valence-electron chi connectivity index (χ1n) is 7.40. The van der Waals surface area contributed by atoms with Crippen molar-refractivity contribution in [3.8, 4) is 0 Å². The van der Waals surface area contributed by atoms with E-state index in [4.69, 9.17) is 9.47 Å². The molecule has 0 radical (unpaired) electrons. The van der Waals surface area contributed by atoms with Gasteiger partial charge >= 0.3 is 11.9 Å². The van der Waals surface area contributed by atoms with Gasteiger partial charge in [0.25, 0.3) is 0 Å².